The Hall–Kier alpha value is -1.18. The molecule has 0 heterocycles. The van der Waals surface area contributed by atoms with E-state index in [-0.39, 0.29) is 5.75 Å². The molecule has 0 spiro atoms. The van der Waals surface area contributed by atoms with Crippen LogP contribution in [0.1, 0.15) is 16.7 Å². The van der Waals surface area contributed by atoms with Crippen LogP contribution in [0, 0.1) is 6.92 Å². The first-order valence-electron chi connectivity index (χ1n) is 5.78. The van der Waals surface area contributed by atoms with Gasteiger partial charge in [0.25, 0.3) is 0 Å². The Morgan fingerprint density at radius 1 is 0.944 bits per heavy atom. The summed E-state index contributed by atoms with van der Waals surface area (Å²) in [7, 11) is 0. The predicted molar refractivity (Wildman–Crippen MR) is 76.7 cm³/mol. The summed E-state index contributed by atoms with van der Waals surface area (Å²) in [5, 5.41) is 10.1. The van der Waals surface area contributed by atoms with Crippen LogP contribution in [0.3, 0.4) is 0 Å². The molecular formula is C15H14Cl2O. The Bertz CT molecular complexity index is 541. The number of benzene rings is 2. The largest absolute Gasteiger partial charge is 0.505 e. The van der Waals surface area contributed by atoms with Gasteiger partial charge in [0.15, 0.2) is 5.75 Å². The summed E-state index contributed by atoms with van der Waals surface area (Å²) in [5.74, 6) is -0.0439. The fourth-order valence-electron chi connectivity index (χ4n) is 1.92. The van der Waals surface area contributed by atoms with E-state index in [2.05, 4.69) is 31.2 Å². The lowest BCUT2D eigenvalue weighted by atomic mass is 10.0. The Morgan fingerprint density at radius 3 is 2.17 bits per heavy atom. The Kier molecular flexibility index (Phi) is 4.15. The van der Waals surface area contributed by atoms with E-state index < -0.39 is 0 Å². The van der Waals surface area contributed by atoms with Gasteiger partial charge in [-0.25, -0.2) is 0 Å². The van der Waals surface area contributed by atoms with Crippen LogP contribution in [-0.4, -0.2) is 5.11 Å². The highest BCUT2D eigenvalue weighted by Gasteiger charge is 2.06. The molecule has 0 radical (unpaired) electrons. The Balaban J connectivity index is 2.11. The molecule has 2 rings (SSSR count). The zero-order chi connectivity index (χ0) is 13.1. The first-order chi connectivity index (χ1) is 8.56. The molecular weight excluding hydrogens is 267 g/mol. The van der Waals surface area contributed by atoms with Crippen LogP contribution in [-0.2, 0) is 12.8 Å². The minimum absolute atomic E-state index is 0.0439. The van der Waals surface area contributed by atoms with E-state index in [9.17, 15) is 5.11 Å². The van der Waals surface area contributed by atoms with Crippen molar-refractivity contribution in [1.82, 2.24) is 0 Å². The molecule has 0 fully saturated rings. The molecule has 0 saturated heterocycles. The molecule has 18 heavy (non-hydrogen) atoms. The van der Waals surface area contributed by atoms with Gasteiger partial charge >= 0.3 is 0 Å². The first-order valence-corrected chi connectivity index (χ1v) is 6.54. The van der Waals surface area contributed by atoms with E-state index in [0.29, 0.717) is 10.0 Å². The maximum Gasteiger partial charge on any atom is 0.152 e. The molecule has 3 heteroatoms. The van der Waals surface area contributed by atoms with Crippen LogP contribution in [0.5, 0.6) is 5.75 Å². The molecule has 0 amide bonds. The standard InChI is InChI=1S/C15H14Cl2O/c1-10-3-2-4-11(7-10)5-6-12-8-13(16)15(18)14(17)9-12/h2-4,7-9,18H,5-6H2,1H3. The van der Waals surface area contributed by atoms with Crippen molar-refractivity contribution in [2.75, 3.05) is 0 Å². The van der Waals surface area contributed by atoms with Crippen molar-refractivity contribution >= 4 is 23.2 Å². The highest BCUT2D eigenvalue weighted by atomic mass is 35.5. The van der Waals surface area contributed by atoms with Gasteiger partial charge in [0.1, 0.15) is 0 Å². The Labute approximate surface area is 117 Å². The number of aromatic hydroxyl groups is 1. The van der Waals surface area contributed by atoms with Gasteiger partial charge in [-0.2, -0.15) is 0 Å². The fraction of sp³-hybridized carbons (Fsp3) is 0.200. The minimum Gasteiger partial charge on any atom is -0.505 e. The smallest absolute Gasteiger partial charge is 0.152 e. The number of aryl methyl sites for hydroxylation is 3. The number of hydrogen-bond donors (Lipinski definition) is 1. The van der Waals surface area contributed by atoms with Crippen LogP contribution in [0.4, 0.5) is 0 Å². The van der Waals surface area contributed by atoms with Crippen molar-refractivity contribution < 1.29 is 5.11 Å². The number of halogens is 2. The van der Waals surface area contributed by atoms with Crippen molar-refractivity contribution in [1.29, 1.82) is 0 Å². The number of phenols is 1. The normalized spacial score (nSPS) is 10.6. The fourth-order valence-corrected chi connectivity index (χ4v) is 2.45. The summed E-state index contributed by atoms with van der Waals surface area (Å²) in [5.41, 5.74) is 3.58. The summed E-state index contributed by atoms with van der Waals surface area (Å²) in [6.45, 7) is 2.08. The maximum absolute atomic E-state index is 9.49. The predicted octanol–water partition coefficient (Wildman–Crippen LogP) is 4.79. The average molecular weight is 281 g/mol. The van der Waals surface area contributed by atoms with Crippen LogP contribution in [0.25, 0.3) is 0 Å². The first kappa shape index (κ1) is 13.3. The van der Waals surface area contributed by atoms with Gasteiger partial charge in [-0.1, -0.05) is 53.0 Å². The SMILES string of the molecule is Cc1cccc(CCc2cc(Cl)c(O)c(Cl)c2)c1. The molecule has 94 valence electrons. The zero-order valence-electron chi connectivity index (χ0n) is 10.1. The number of rotatable bonds is 3. The lowest BCUT2D eigenvalue weighted by Gasteiger charge is -2.06. The second-order valence-electron chi connectivity index (χ2n) is 4.40. The number of phenolic OH excluding ortho intramolecular Hbond substituents is 1. The molecule has 0 aliphatic carbocycles. The average Bonchev–Trinajstić information content (AvgIpc) is 2.33. The second-order valence-corrected chi connectivity index (χ2v) is 5.21. The monoisotopic (exact) mass is 280 g/mol. The molecule has 2 aromatic rings. The molecule has 2 aromatic carbocycles. The summed E-state index contributed by atoms with van der Waals surface area (Å²) in [6.07, 6.45) is 1.78. The molecule has 0 aliphatic rings. The quantitative estimate of drug-likeness (QED) is 0.857. The van der Waals surface area contributed by atoms with Crippen molar-refractivity contribution in [2.45, 2.75) is 19.8 Å². The van der Waals surface area contributed by atoms with Crippen molar-refractivity contribution in [3.05, 3.63) is 63.1 Å². The van der Waals surface area contributed by atoms with Crippen LogP contribution in [0.15, 0.2) is 36.4 Å². The van der Waals surface area contributed by atoms with Crippen molar-refractivity contribution in [3.63, 3.8) is 0 Å². The summed E-state index contributed by atoms with van der Waals surface area (Å²) >= 11 is 11.8. The van der Waals surface area contributed by atoms with Gasteiger partial charge in [-0.3, -0.25) is 0 Å². The highest BCUT2D eigenvalue weighted by Crippen LogP contribution is 2.33. The second kappa shape index (κ2) is 5.64. The molecule has 0 bridgehead atoms. The lowest BCUT2D eigenvalue weighted by molar-refractivity contribution is 0.475. The van der Waals surface area contributed by atoms with E-state index in [1.807, 2.05) is 0 Å². The summed E-state index contributed by atoms with van der Waals surface area (Å²) < 4.78 is 0. The van der Waals surface area contributed by atoms with Gasteiger partial charge in [-0.15, -0.1) is 0 Å². The Morgan fingerprint density at radius 2 is 1.56 bits per heavy atom. The third-order valence-corrected chi connectivity index (χ3v) is 3.44. The van der Waals surface area contributed by atoms with Crippen LogP contribution < -0.4 is 0 Å². The molecule has 0 unspecified atom stereocenters. The van der Waals surface area contributed by atoms with Crippen molar-refractivity contribution in [2.24, 2.45) is 0 Å². The van der Waals surface area contributed by atoms with Gasteiger partial charge in [-0.05, 0) is 43.0 Å². The van der Waals surface area contributed by atoms with Gasteiger partial charge in [0.05, 0.1) is 10.0 Å². The summed E-state index contributed by atoms with van der Waals surface area (Å²) in [6, 6.07) is 11.9. The molecule has 0 atom stereocenters. The van der Waals surface area contributed by atoms with Gasteiger partial charge < -0.3 is 5.11 Å². The van der Waals surface area contributed by atoms with E-state index >= 15 is 0 Å². The van der Waals surface area contributed by atoms with Crippen LogP contribution in [0.2, 0.25) is 10.0 Å². The van der Waals surface area contributed by atoms with E-state index in [0.717, 1.165) is 18.4 Å². The third-order valence-electron chi connectivity index (χ3n) is 2.86. The maximum atomic E-state index is 9.49. The van der Waals surface area contributed by atoms with E-state index in [1.54, 1.807) is 12.1 Å². The molecule has 0 aromatic heterocycles. The van der Waals surface area contributed by atoms with Crippen LogP contribution >= 0.6 is 23.2 Å². The molecule has 1 N–H and O–H groups in total. The third kappa shape index (κ3) is 3.18. The highest BCUT2D eigenvalue weighted by molar-refractivity contribution is 6.37. The zero-order valence-corrected chi connectivity index (χ0v) is 11.6. The lowest BCUT2D eigenvalue weighted by Crippen LogP contribution is -1.92. The van der Waals surface area contributed by atoms with Crippen molar-refractivity contribution in [3.8, 4) is 5.75 Å². The molecule has 1 nitrogen and oxygen atoms in total. The van der Waals surface area contributed by atoms with E-state index in [4.69, 9.17) is 23.2 Å². The number of hydrogen-bond acceptors (Lipinski definition) is 1. The van der Waals surface area contributed by atoms with E-state index in [1.165, 1.54) is 11.1 Å². The summed E-state index contributed by atoms with van der Waals surface area (Å²) in [4.78, 5) is 0. The van der Waals surface area contributed by atoms with Gasteiger partial charge in [0.2, 0.25) is 0 Å². The minimum atomic E-state index is -0.0439. The molecule has 0 aliphatic heterocycles. The topological polar surface area (TPSA) is 20.2 Å². The molecule has 0 saturated carbocycles. The van der Waals surface area contributed by atoms with Gasteiger partial charge in [0, 0.05) is 0 Å².